The average Bonchev–Trinajstić information content (AvgIpc) is 3.34. The minimum Gasteiger partial charge on any atom is -0.493 e. The van der Waals surface area contributed by atoms with Crippen molar-refractivity contribution in [3.63, 3.8) is 0 Å². The number of carboxylic acids is 2. The first-order valence-corrected chi connectivity index (χ1v) is 17.5. The number of fused-ring (bicyclic) bond motifs is 4. The molecule has 1 fully saturated rings. The van der Waals surface area contributed by atoms with Crippen molar-refractivity contribution in [1.29, 1.82) is 0 Å². The van der Waals surface area contributed by atoms with Crippen LogP contribution in [-0.2, 0) is 27.8 Å². The van der Waals surface area contributed by atoms with Gasteiger partial charge in [-0.15, -0.1) is 0 Å². The van der Waals surface area contributed by atoms with Gasteiger partial charge in [0.05, 0.1) is 6.61 Å². The summed E-state index contributed by atoms with van der Waals surface area (Å²) in [4.78, 5) is 29.3. The van der Waals surface area contributed by atoms with Crippen LogP contribution in [0, 0.1) is 11.8 Å². The molecule has 3 aromatic rings. The molecule has 1 spiro atoms. The van der Waals surface area contributed by atoms with Crippen LogP contribution in [0.1, 0.15) is 87.1 Å². The molecule has 10 heteroatoms. The van der Waals surface area contributed by atoms with Gasteiger partial charge in [0.15, 0.2) is 11.5 Å². The van der Waals surface area contributed by atoms with E-state index in [2.05, 4.69) is 24.1 Å². The average molecular weight is 675 g/mol. The number of pyridine rings is 1. The second-order valence-electron chi connectivity index (χ2n) is 14.4. The smallest absolute Gasteiger partial charge is 0.348 e. The molecule has 0 amide bonds. The third-order valence-electron chi connectivity index (χ3n) is 11.3. The molecule has 4 aliphatic rings. The van der Waals surface area contributed by atoms with Gasteiger partial charge >= 0.3 is 11.9 Å². The largest absolute Gasteiger partial charge is 0.493 e. The minimum absolute atomic E-state index is 0.0440. The van der Waals surface area contributed by atoms with E-state index < -0.39 is 23.6 Å². The van der Waals surface area contributed by atoms with Gasteiger partial charge in [-0.3, -0.25) is 4.98 Å². The lowest BCUT2D eigenvalue weighted by Gasteiger charge is -2.47. The summed E-state index contributed by atoms with van der Waals surface area (Å²) in [5.74, 6) is 0.884. The zero-order chi connectivity index (χ0) is 33.6. The zero-order valence-electron chi connectivity index (χ0n) is 27.5. The molecule has 1 aliphatic heterocycles. The molecular formula is C38H43ClN2O7. The fourth-order valence-corrected chi connectivity index (χ4v) is 8.98. The van der Waals surface area contributed by atoms with Crippen LogP contribution in [0.2, 0.25) is 5.02 Å². The van der Waals surface area contributed by atoms with Gasteiger partial charge in [-0.2, -0.15) is 0 Å². The predicted octanol–water partition coefficient (Wildman–Crippen LogP) is 7.42. The van der Waals surface area contributed by atoms with Crippen LogP contribution < -0.4 is 19.5 Å². The Hall–Kier alpha value is -3.98. The van der Waals surface area contributed by atoms with E-state index in [1.807, 2.05) is 36.5 Å². The van der Waals surface area contributed by atoms with E-state index in [1.54, 1.807) is 12.1 Å². The highest BCUT2D eigenvalue weighted by Gasteiger charge is 2.54. The molecule has 1 saturated carbocycles. The lowest BCUT2D eigenvalue weighted by atomic mass is 9.59. The monoisotopic (exact) mass is 674 g/mol. The summed E-state index contributed by atoms with van der Waals surface area (Å²) in [5.41, 5.74) is 3.91. The van der Waals surface area contributed by atoms with Crippen LogP contribution in [0.5, 0.6) is 17.2 Å². The number of nitrogens with one attached hydrogen (secondary N) is 1. The third kappa shape index (κ3) is 5.95. The Morgan fingerprint density at radius 1 is 1.12 bits per heavy atom. The molecule has 3 N–H and O–H groups in total. The van der Waals surface area contributed by atoms with E-state index in [-0.39, 0.29) is 23.9 Å². The maximum atomic E-state index is 12.9. The summed E-state index contributed by atoms with van der Waals surface area (Å²) in [6, 6.07) is 13.2. The number of halogens is 1. The number of carbonyl (C=O) groups is 2. The number of benzene rings is 2. The van der Waals surface area contributed by atoms with Gasteiger partial charge in [0.25, 0.3) is 0 Å². The molecule has 1 aromatic heterocycles. The molecule has 3 aliphatic carbocycles. The van der Waals surface area contributed by atoms with Gasteiger partial charge < -0.3 is 29.7 Å². The molecule has 0 bridgehead atoms. The molecule has 254 valence electrons. The molecule has 2 aromatic carbocycles. The van der Waals surface area contributed by atoms with E-state index >= 15 is 0 Å². The van der Waals surface area contributed by atoms with Crippen LogP contribution in [-0.4, -0.2) is 52.0 Å². The Kier molecular flexibility index (Phi) is 8.69. The summed E-state index contributed by atoms with van der Waals surface area (Å²) in [6.45, 7) is 5.01. The summed E-state index contributed by atoms with van der Waals surface area (Å²) < 4.78 is 18.3. The molecule has 1 unspecified atom stereocenters. The predicted molar refractivity (Wildman–Crippen MR) is 182 cm³/mol. The molecule has 2 heterocycles. The number of rotatable bonds is 9. The number of carboxylic acid groups (broad SMARTS) is 2. The van der Waals surface area contributed by atoms with Crippen LogP contribution in [0.15, 0.2) is 48.7 Å². The van der Waals surface area contributed by atoms with E-state index in [4.69, 9.17) is 25.8 Å². The van der Waals surface area contributed by atoms with Gasteiger partial charge in [0.1, 0.15) is 17.9 Å². The fourth-order valence-electron chi connectivity index (χ4n) is 8.79. The standard InChI is InChI=1S/C38H43ClN2O7/c1-22(20-46-30-9-14-40-29-8-3-5-23(2)34(29)30)15-25-16-24-17-31-32(48-33(21-47-31)35(42)43)19-28(24)37(25)10-12-38(13-11-37,36(44)45)41-27-7-4-6-26(39)18-27/h4,6-7,9,14,17-19,22-23,25,33,41H,3,5,8,10-13,15-16,20-21H2,1-2H3,(H,42,43)(H,44,45)/t22-,23-,25+,33?,37?,38?/m1/s1. The Bertz CT molecular complexity index is 1720. The third-order valence-corrected chi connectivity index (χ3v) is 11.5. The van der Waals surface area contributed by atoms with Crippen molar-refractivity contribution < 1.29 is 34.0 Å². The summed E-state index contributed by atoms with van der Waals surface area (Å²) in [5, 5.41) is 24.1. The first-order chi connectivity index (χ1) is 23.1. The second-order valence-corrected chi connectivity index (χ2v) is 14.8. The number of nitrogens with zero attached hydrogens (tertiary/aromatic N) is 1. The van der Waals surface area contributed by atoms with Crippen molar-refractivity contribution in [2.24, 2.45) is 11.8 Å². The topological polar surface area (TPSA) is 127 Å². The maximum absolute atomic E-state index is 12.9. The quantitative estimate of drug-likeness (QED) is 0.212. The number of hydrogen-bond donors (Lipinski definition) is 3. The fraction of sp³-hybridized carbons (Fsp3) is 0.500. The van der Waals surface area contributed by atoms with Crippen molar-refractivity contribution >= 4 is 29.2 Å². The summed E-state index contributed by atoms with van der Waals surface area (Å²) >= 11 is 6.24. The Labute approximate surface area is 286 Å². The molecule has 4 atom stereocenters. The number of aromatic nitrogens is 1. The summed E-state index contributed by atoms with van der Waals surface area (Å²) in [6.07, 6.45) is 7.91. The van der Waals surface area contributed by atoms with Crippen LogP contribution in [0.25, 0.3) is 0 Å². The number of aryl methyl sites for hydroxylation is 1. The van der Waals surface area contributed by atoms with Gasteiger partial charge in [-0.25, -0.2) is 9.59 Å². The zero-order valence-corrected chi connectivity index (χ0v) is 28.2. The van der Waals surface area contributed by atoms with Gasteiger partial charge in [-0.1, -0.05) is 31.5 Å². The molecule has 48 heavy (non-hydrogen) atoms. The summed E-state index contributed by atoms with van der Waals surface area (Å²) in [7, 11) is 0. The van der Waals surface area contributed by atoms with E-state index in [1.165, 1.54) is 5.56 Å². The van der Waals surface area contributed by atoms with Crippen molar-refractivity contribution in [3.8, 4) is 17.2 Å². The van der Waals surface area contributed by atoms with Gasteiger partial charge in [0.2, 0.25) is 6.10 Å². The minimum atomic E-state index is -1.14. The maximum Gasteiger partial charge on any atom is 0.348 e. The van der Waals surface area contributed by atoms with Crippen molar-refractivity contribution in [3.05, 3.63) is 76.1 Å². The van der Waals surface area contributed by atoms with Crippen LogP contribution in [0.3, 0.4) is 0 Å². The van der Waals surface area contributed by atoms with Crippen molar-refractivity contribution in [1.82, 2.24) is 4.98 Å². The van der Waals surface area contributed by atoms with Gasteiger partial charge in [0, 0.05) is 28.2 Å². The Morgan fingerprint density at radius 3 is 2.69 bits per heavy atom. The highest BCUT2D eigenvalue weighted by atomic mass is 35.5. The second kappa shape index (κ2) is 12.8. The van der Waals surface area contributed by atoms with E-state index in [0.717, 1.165) is 54.7 Å². The number of ether oxygens (including phenoxy) is 3. The van der Waals surface area contributed by atoms with E-state index in [0.29, 0.717) is 60.4 Å². The van der Waals surface area contributed by atoms with Crippen LogP contribution >= 0.6 is 11.6 Å². The SMILES string of the molecule is C[C@@H](COc1ccnc2c1[C@H](C)CCC2)C[C@H]1Cc2cc3c(cc2C12CCC(Nc1cccc(Cl)c1)(C(=O)O)CC2)OC(C(=O)O)CO3. The molecular weight excluding hydrogens is 632 g/mol. The molecule has 7 rings (SSSR count). The molecule has 0 saturated heterocycles. The Morgan fingerprint density at radius 2 is 1.94 bits per heavy atom. The highest BCUT2D eigenvalue weighted by molar-refractivity contribution is 6.30. The first-order valence-electron chi connectivity index (χ1n) is 17.1. The first kappa shape index (κ1) is 32.6. The lowest BCUT2D eigenvalue weighted by molar-refractivity contribution is -0.147. The Balaban J connectivity index is 1.16. The molecule has 0 radical (unpaired) electrons. The van der Waals surface area contributed by atoms with Crippen molar-refractivity contribution in [2.75, 3.05) is 18.5 Å². The lowest BCUT2D eigenvalue weighted by Crippen LogP contribution is -2.53. The van der Waals surface area contributed by atoms with Crippen LogP contribution in [0.4, 0.5) is 5.69 Å². The van der Waals surface area contributed by atoms with Gasteiger partial charge in [-0.05, 0) is 128 Å². The van der Waals surface area contributed by atoms with E-state index in [9.17, 15) is 19.8 Å². The number of anilines is 1. The van der Waals surface area contributed by atoms with Crippen molar-refractivity contribution in [2.45, 2.75) is 94.6 Å². The highest BCUT2D eigenvalue weighted by Crippen LogP contribution is 2.58. The number of aliphatic carboxylic acids is 2. The number of hydrogen-bond acceptors (Lipinski definition) is 7. The molecule has 9 nitrogen and oxygen atoms in total. The normalized spacial score (nSPS) is 27.9.